The highest BCUT2D eigenvalue weighted by Gasteiger charge is 2.07. The van der Waals surface area contributed by atoms with Gasteiger partial charge in [0, 0.05) is 0 Å². The van der Waals surface area contributed by atoms with Crippen molar-refractivity contribution in [3.05, 3.63) is 64.2 Å². The van der Waals surface area contributed by atoms with Gasteiger partial charge in [0.15, 0.2) is 0 Å². The minimum absolute atomic E-state index is 0.245. The fourth-order valence-corrected chi connectivity index (χ4v) is 2.03. The van der Waals surface area contributed by atoms with E-state index < -0.39 is 5.97 Å². The first-order chi connectivity index (χ1) is 10.0. The van der Waals surface area contributed by atoms with Gasteiger partial charge in [-0.15, -0.1) is 0 Å². The van der Waals surface area contributed by atoms with Crippen LogP contribution in [0.4, 0.5) is 0 Å². The number of carboxylic acids is 1. The smallest absolute Gasteiger partial charge is 0.335 e. The number of benzene rings is 2. The number of aryl methyl sites for hydroxylation is 2. The molecule has 0 saturated carbocycles. The van der Waals surface area contributed by atoms with E-state index >= 15 is 0 Å². The second-order valence-corrected chi connectivity index (χ2v) is 4.83. The SMILES string of the molecule is Cc1cc(C#N)ccc1COc1ccc(C(=O)O)cc1C. The van der Waals surface area contributed by atoms with E-state index in [1.165, 1.54) is 6.07 Å². The summed E-state index contributed by atoms with van der Waals surface area (Å²) >= 11 is 0. The lowest BCUT2D eigenvalue weighted by Crippen LogP contribution is -2.01. The van der Waals surface area contributed by atoms with E-state index in [0.29, 0.717) is 17.9 Å². The molecule has 1 N–H and O–H groups in total. The number of nitriles is 1. The fourth-order valence-electron chi connectivity index (χ4n) is 2.03. The second-order valence-electron chi connectivity index (χ2n) is 4.83. The minimum Gasteiger partial charge on any atom is -0.489 e. The molecule has 0 aromatic heterocycles. The third-order valence-corrected chi connectivity index (χ3v) is 3.28. The Morgan fingerprint density at radius 1 is 1.19 bits per heavy atom. The summed E-state index contributed by atoms with van der Waals surface area (Å²) in [5.74, 6) is -0.295. The van der Waals surface area contributed by atoms with Crippen LogP contribution >= 0.6 is 0 Å². The van der Waals surface area contributed by atoms with Crippen LogP contribution in [-0.4, -0.2) is 11.1 Å². The zero-order chi connectivity index (χ0) is 15.4. The molecule has 2 rings (SSSR count). The molecule has 0 atom stereocenters. The summed E-state index contributed by atoms with van der Waals surface area (Å²) in [7, 11) is 0. The Morgan fingerprint density at radius 3 is 2.52 bits per heavy atom. The summed E-state index contributed by atoms with van der Waals surface area (Å²) < 4.78 is 5.74. The number of aromatic carboxylic acids is 1. The second kappa shape index (κ2) is 6.10. The van der Waals surface area contributed by atoms with E-state index in [1.807, 2.05) is 26.0 Å². The van der Waals surface area contributed by atoms with Crippen molar-refractivity contribution in [2.24, 2.45) is 0 Å². The van der Waals surface area contributed by atoms with E-state index in [2.05, 4.69) is 6.07 Å². The minimum atomic E-state index is -0.951. The van der Waals surface area contributed by atoms with Gasteiger partial charge in [-0.1, -0.05) is 6.07 Å². The van der Waals surface area contributed by atoms with Crippen LogP contribution in [0.3, 0.4) is 0 Å². The number of nitrogens with zero attached hydrogens (tertiary/aromatic N) is 1. The molecule has 0 saturated heterocycles. The number of rotatable bonds is 4. The molecule has 0 aliphatic rings. The maximum atomic E-state index is 10.9. The van der Waals surface area contributed by atoms with E-state index in [4.69, 9.17) is 15.1 Å². The highest BCUT2D eigenvalue weighted by Crippen LogP contribution is 2.21. The molecule has 4 heteroatoms. The van der Waals surface area contributed by atoms with Gasteiger partial charge >= 0.3 is 5.97 Å². The first kappa shape index (κ1) is 14.6. The Kier molecular flexibility index (Phi) is 4.24. The Labute approximate surface area is 123 Å². The molecule has 0 bridgehead atoms. The highest BCUT2D eigenvalue weighted by atomic mass is 16.5. The van der Waals surface area contributed by atoms with Gasteiger partial charge in [-0.2, -0.15) is 5.26 Å². The van der Waals surface area contributed by atoms with Crippen molar-refractivity contribution in [1.29, 1.82) is 5.26 Å². The number of carbonyl (C=O) groups is 1. The largest absolute Gasteiger partial charge is 0.489 e. The van der Waals surface area contributed by atoms with Crippen LogP contribution < -0.4 is 4.74 Å². The molecular weight excluding hydrogens is 266 g/mol. The molecule has 0 radical (unpaired) electrons. The Morgan fingerprint density at radius 2 is 1.95 bits per heavy atom. The van der Waals surface area contributed by atoms with Crippen molar-refractivity contribution in [2.45, 2.75) is 20.5 Å². The van der Waals surface area contributed by atoms with E-state index in [-0.39, 0.29) is 5.56 Å². The lowest BCUT2D eigenvalue weighted by atomic mass is 10.1. The first-order valence-electron chi connectivity index (χ1n) is 6.47. The third kappa shape index (κ3) is 3.40. The van der Waals surface area contributed by atoms with Crippen molar-refractivity contribution >= 4 is 5.97 Å². The summed E-state index contributed by atoms with van der Waals surface area (Å²) in [5.41, 5.74) is 3.64. The summed E-state index contributed by atoms with van der Waals surface area (Å²) in [6, 6.07) is 12.3. The summed E-state index contributed by atoms with van der Waals surface area (Å²) in [6.07, 6.45) is 0. The predicted octanol–water partition coefficient (Wildman–Crippen LogP) is 3.45. The van der Waals surface area contributed by atoms with Crippen molar-refractivity contribution in [2.75, 3.05) is 0 Å². The molecule has 4 nitrogen and oxygen atoms in total. The number of ether oxygens (including phenoxy) is 1. The van der Waals surface area contributed by atoms with Crippen LogP contribution in [0.5, 0.6) is 5.75 Å². The van der Waals surface area contributed by atoms with Crippen LogP contribution in [0.15, 0.2) is 36.4 Å². The van der Waals surface area contributed by atoms with Gasteiger partial charge in [-0.05, 0) is 60.9 Å². The van der Waals surface area contributed by atoms with E-state index in [0.717, 1.165) is 16.7 Å². The first-order valence-corrected chi connectivity index (χ1v) is 6.47. The van der Waals surface area contributed by atoms with Gasteiger partial charge in [0.05, 0.1) is 17.2 Å². The quantitative estimate of drug-likeness (QED) is 0.931. The monoisotopic (exact) mass is 281 g/mol. The van der Waals surface area contributed by atoms with Crippen LogP contribution in [-0.2, 0) is 6.61 Å². The molecule has 2 aromatic rings. The van der Waals surface area contributed by atoms with Gasteiger partial charge < -0.3 is 9.84 Å². The molecule has 106 valence electrons. The van der Waals surface area contributed by atoms with Gasteiger partial charge in [0.1, 0.15) is 12.4 Å². The number of hydrogen-bond donors (Lipinski definition) is 1. The van der Waals surface area contributed by atoms with Crippen molar-refractivity contribution in [1.82, 2.24) is 0 Å². The summed E-state index contributed by atoms with van der Waals surface area (Å²) in [4.78, 5) is 10.9. The number of hydrogen-bond acceptors (Lipinski definition) is 3. The zero-order valence-electron chi connectivity index (χ0n) is 11.9. The molecule has 0 heterocycles. The van der Waals surface area contributed by atoms with Gasteiger partial charge in [-0.3, -0.25) is 0 Å². The lowest BCUT2D eigenvalue weighted by molar-refractivity contribution is 0.0696. The molecule has 0 aliphatic heterocycles. The maximum Gasteiger partial charge on any atom is 0.335 e. The number of carboxylic acid groups (broad SMARTS) is 1. The van der Waals surface area contributed by atoms with Crippen LogP contribution in [0.1, 0.15) is 32.6 Å². The molecule has 0 fully saturated rings. The summed E-state index contributed by atoms with van der Waals surface area (Å²) in [6.45, 7) is 4.12. The average molecular weight is 281 g/mol. The molecule has 0 amide bonds. The molecule has 21 heavy (non-hydrogen) atoms. The lowest BCUT2D eigenvalue weighted by Gasteiger charge is -2.11. The van der Waals surface area contributed by atoms with Crippen molar-refractivity contribution in [3.8, 4) is 11.8 Å². The standard InChI is InChI=1S/C17H15NO3/c1-11-7-13(9-18)3-4-15(11)10-21-16-6-5-14(17(19)20)8-12(16)2/h3-8H,10H2,1-2H3,(H,19,20). The zero-order valence-corrected chi connectivity index (χ0v) is 11.9. The van der Waals surface area contributed by atoms with Gasteiger partial charge in [0.25, 0.3) is 0 Å². The fraction of sp³-hybridized carbons (Fsp3) is 0.176. The van der Waals surface area contributed by atoms with Crippen LogP contribution in [0.25, 0.3) is 0 Å². The molecular formula is C17H15NO3. The maximum absolute atomic E-state index is 10.9. The van der Waals surface area contributed by atoms with Crippen molar-refractivity contribution in [3.63, 3.8) is 0 Å². The van der Waals surface area contributed by atoms with Crippen LogP contribution in [0, 0.1) is 25.2 Å². The predicted molar refractivity (Wildman–Crippen MR) is 78.4 cm³/mol. The Hall–Kier alpha value is -2.80. The molecule has 0 spiro atoms. The Balaban J connectivity index is 2.13. The summed E-state index contributed by atoms with van der Waals surface area (Å²) in [5, 5.41) is 17.8. The van der Waals surface area contributed by atoms with E-state index in [1.54, 1.807) is 18.2 Å². The normalized spacial score (nSPS) is 9.95. The van der Waals surface area contributed by atoms with Gasteiger partial charge in [-0.25, -0.2) is 4.79 Å². The Bertz CT molecular complexity index is 729. The highest BCUT2D eigenvalue weighted by molar-refractivity contribution is 5.88. The van der Waals surface area contributed by atoms with E-state index in [9.17, 15) is 4.79 Å². The third-order valence-electron chi connectivity index (χ3n) is 3.28. The average Bonchev–Trinajstić information content (AvgIpc) is 2.46. The molecule has 2 aromatic carbocycles. The topological polar surface area (TPSA) is 70.3 Å². The van der Waals surface area contributed by atoms with Crippen LogP contribution in [0.2, 0.25) is 0 Å². The molecule has 0 unspecified atom stereocenters. The van der Waals surface area contributed by atoms with Crippen molar-refractivity contribution < 1.29 is 14.6 Å². The molecule has 0 aliphatic carbocycles. The van der Waals surface area contributed by atoms with Gasteiger partial charge in [0.2, 0.25) is 0 Å².